The van der Waals surface area contributed by atoms with E-state index in [1.807, 2.05) is 48.6 Å². The summed E-state index contributed by atoms with van der Waals surface area (Å²) in [6, 6.07) is 0. The highest BCUT2D eigenvalue weighted by atomic mass is 31.2. The number of aliphatic hydroxyl groups is 5. The summed E-state index contributed by atoms with van der Waals surface area (Å²) in [7, 11) is -10.7. The molecule has 0 saturated heterocycles. The Morgan fingerprint density at radius 1 is 0.544 bits per heavy atom. The van der Waals surface area contributed by atoms with Gasteiger partial charge in [0.2, 0.25) is 0 Å². The van der Waals surface area contributed by atoms with Crippen molar-refractivity contribution < 1.29 is 82.0 Å². The predicted molar refractivity (Wildman–Crippen MR) is 261 cm³/mol. The maximum absolute atomic E-state index is 13.0. The van der Waals surface area contributed by atoms with Crippen molar-refractivity contribution in [1.29, 1.82) is 0 Å². The summed E-state index contributed by atoms with van der Waals surface area (Å²) in [5.74, 6) is -1.38. The Balaban J connectivity index is 2.69. The van der Waals surface area contributed by atoms with Crippen LogP contribution in [0.1, 0.15) is 149 Å². The van der Waals surface area contributed by atoms with E-state index in [1.165, 1.54) is 51.4 Å². The van der Waals surface area contributed by atoms with Gasteiger partial charge in [-0.05, 0) is 77.0 Å². The van der Waals surface area contributed by atoms with Gasteiger partial charge in [0, 0.05) is 12.8 Å². The van der Waals surface area contributed by atoms with E-state index in [0.717, 1.165) is 32.1 Å². The summed E-state index contributed by atoms with van der Waals surface area (Å²) < 4.78 is 49.2. The Labute approximate surface area is 404 Å². The van der Waals surface area contributed by atoms with Crippen LogP contribution in [0.25, 0.3) is 0 Å². The first-order valence-electron chi connectivity index (χ1n) is 24.2. The molecule has 1 aliphatic rings. The second kappa shape index (κ2) is 38.8. The number of phosphoric ester groups is 2. The fourth-order valence-electron chi connectivity index (χ4n) is 6.70. The first-order valence-corrected chi connectivity index (χ1v) is 27.3. The monoisotopic (exact) mass is 1000 g/mol. The van der Waals surface area contributed by atoms with Crippen molar-refractivity contribution in [3.05, 3.63) is 85.1 Å². The molecule has 390 valence electrons. The van der Waals surface area contributed by atoms with Crippen LogP contribution in [-0.4, -0.2) is 114 Å². The topological polar surface area (TPSA) is 276 Å². The number of ether oxygens (including phenoxy) is 2. The fraction of sp³-hybridized carbons (Fsp3) is 0.673. The summed E-state index contributed by atoms with van der Waals surface area (Å²) in [6.07, 6.45) is 30.0. The van der Waals surface area contributed by atoms with Crippen molar-refractivity contribution in [3.63, 3.8) is 0 Å². The van der Waals surface area contributed by atoms with E-state index in [1.54, 1.807) is 6.08 Å². The van der Waals surface area contributed by atoms with Crippen molar-refractivity contribution in [3.8, 4) is 0 Å². The van der Waals surface area contributed by atoms with Crippen LogP contribution < -0.4 is 0 Å². The third kappa shape index (κ3) is 32.9. The second-order valence-corrected chi connectivity index (χ2v) is 19.3. The number of carbonyl (C=O) groups excluding carboxylic acids is 2. The van der Waals surface area contributed by atoms with Crippen LogP contribution in [0, 0.1) is 0 Å². The quantitative estimate of drug-likeness (QED) is 0.00944. The molecule has 0 aliphatic heterocycles. The van der Waals surface area contributed by atoms with E-state index in [2.05, 4.69) is 48.8 Å². The average Bonchev–Trinajstić information content (AvgIpc) is 3.29. The molecule has 0 aromatic rings. The minimum atomic E-state index is -5.39. The molecular weight excluding hydrogens is 922 g/mol. The Morgan fingerprint density at radius 3 is 1.63 bits per heavy atom. The van der Waals surface area contributed by atoms with E-state index < -0.39 is 89.6 Å². The highest BCUT2D eigenvalue weighted by molar-refractivity contribution is 7.47. The normalized spacial score (nSPS) is 22.4. The summed E-state index contributed by atoms with van der Waals surface area (Å²) in [5.41, 5.74) is 0. The van der Waals surface area contributed by atoms with Crippen LogP contribution in [0.3, 0.4) is 0 Å². The minimum absolute atomic E-state index is 0.00412. The molecule has 19 heteroatoms. The van der Waals surface area contributed by atoms with Crippen LogP contribution in [0.5, 0.6) is 0 Å². The van der Waals surface area contributed by atoms with Crippen LogP contribution in [0.4, 0.5) is 0 Å². The van der Waals surface area contributed by atoms with Gasteiger partial charge in [-0.3, -0.25) is 23.2 Å². The summed E-state index contributed by atoms with van der Waals surface area (Å²) in [6.45, 7) is 2.90. The van der Waals surface area contributed by atoms with Gasteiger partial charge in [0.25, 0.3) is 0 Å². The molecule has 0 heterocycles. The summed E-state index contributed by atoms with van der Waals surface area (Å²) in [5, 5.41) is 51.3. The van der Waals surface area contributed by atoms with Gasteiger partial charge < -0.3 is 49.7 Å². The largest absolute Gasteiger partial charge is 0.472 e. The zero-order valence-corrected chi connectivity index (χ0v) is 41.9. The lowest BCUT2D eigenvalue weighted by Crippen LogP contribution is -2.64. The zero-order valence-electron chi connectivity index (χ0n) is 40.1. The molecule has 5 unspecified atom stereocenters. The molecule has 0 aromatic carbocycles. The second-order valence-electron chi connectivity index (χ2n) is 16.7. The van der Waals surface area contributed by atoms with Gasteiger partial charge in [0.15, 0.2) is 6.10 Å². The van der Waals surface area contributed by atoms with E-state index in [-0.39, 0.29) is 12.8 Å². The smallest absolute Gasteiger partial charge is 0.462 e. The van der Waals surface area contributed by atoms with Gasteiger partial charge >= 0.3 is 27.6 Å². The van der Waals surface area contributed by atoms with E-state index in [0.29, 0.717) is 38.5 Å². The summed E-state index contributed by atoms with van der Waals surface area (Å²) >= 11 is 0. The first-order chi connectivity index (χ1) is 32.5. The van der Waals surface area contributed by atoms with Crippen molar-refractivity contribution in [2.45, 2.75) is 198 Å². The zero-order chi connectivity index (χ0) is 50.5. The Hall–Kier alpha value is -2.86. The number of carbonyl (C=O) groups is 2. The molecule has 1 saturated carbocycles. The average molecular weight is 1010 g/mol. The number of hydrogen-bond donors (Lipinski definition) is 8. The van der Waals surface area contributed by atoms with Gasteiger partial charge in [-0.2, -0.15) is 0 Å². The number of rotatable bonds is 39. The highest BCUT2D eigenvalue weighted by Gasteiger charge is 2.54. The van der Waals surface area contributed by atoms with Gasteiger partial charge in [-0.15, -0.1) is 0 Å². The molecule has 1 rings (SSSR count). The van der Waals surface area contributed by atoms with Crippen molar-refractivity contribution in [2.24, 2.45) is 0 Å². The maximum atomic E-state index is 13.0. The molecule has 1 aliphatic carbocycles. The van der Waals surface area contributed by atoms with Crippen LogP contribution in [0.2, 0.25) is 0 Å². The number of phosphoric acid groups is 2. The number of hydrogen-bond acceptors (Lipinski definition) is 14. The van der Waals surface area contributed by atoms with E-state index >= 15 is 0 Å². The van der Waals surface area contributed by atoms with Gasteiger partial charge in [0.1, 0.15) is 43.2 Å². The molecule has 8 N–H and O–H groups in total. The lowest BCUT2D eigenvalue weighted by molar-refractivity contribution is -0.216. The molecule has 68 heavy (non-hydrogen) atoms. The predicted octanol–water partition coefficient (Wildman–Crippen LogP) is 8.36. The number of aliphatic hydroxyl groups excluding tert-OH is 5. The van der Waals surface area contributed by atoms with Crippen molar-refractivity contribution in [2.75, 3.05) is 13.2 Å². The standard InChI is InChI=1S/C49H82O17P2/c1-3-5-7-9-11-12-13-14-15-16-17-18-19-20-24-29-33-37-43(52)64-41(39-63-68(60,61)66-49-46(55)44(53)45(54)48(47(49)56)65-67(57,58)59)38-62-42(51)36-32-28-25-21-23-27-31-35-40(50)34-30-26-22-10-8-6-4-2/h14-15,17-18,20-22,24-27,30-31,34,40-41,44-50,53-56H,3-13,16,19,23,28-29,32-33,35-39H2,1-2H3,(H,60,61)(H2,57,58,59)/b15-14-,18-17-,24-20-,25-21+,26-22-,31-27-,34-30-/t40-,41-,44?,45?,46?,47?,48-,49+/m1/s1. The van der Waals surface area contributed by atoms with E-state index in [4.69, 9.17) is 18.5 Å². The highest BCUT2D eigenvalue weighted by Crippen LogP contribution is 2.49. The van der Waals surface area contributed by atoms with E-state index in [9.17, 15) is 58.9 Å². The number of allylic oxidation sites excluding steroid dienone is 12. The Morgan fingerprint density at radius 2 is 1.03 bits per heavy atom. The Kier molecular flexibility index (Phi) is 36.1. The van der Waals surface area contributed by atoms with Crippen LogP contribution in [0.15, 0.2) is 85.1 Å². The van der Waals surface area contributed by atoms with Crippen LogP contribution >= 0.6 is 15.6 Å². The fourth-order valence-corrected chi connectivity index (χ4v) is 8.24. The van der Waals surface area contributed by atoms with Crippen LogP contribution in [-0.2, 0) is 41.8 Å². The molecule has 0 radical (unpaired) electrons. The lowest BCUT2D eigenvalue weighted by Gasteiger charge is -2.43. The molecule has 0 aromatic heterocycles. The molecule has 9 atom stereocenters. The van der Waals surface area contributed by atoms with Gasteiger partial charge in [0.05, 0.1) is 12.7 Å². The summed E-state index contributed by atoms with van der Waals surface area (Å²) in [4.78, 5) is 54.3. The minimum Gasteiger partial charge on any atom is -0.462 e. The van der Waals surface area contributed by atoms with Gasteiger partial charge in [-0.25, -0.2) is 9.13 Å². The third-order valence-corrected chi connectivity index (χ3v) is 12.0. The number of esters is 2. The molecule has 0 amide bonds. The van der Waals surface area contributed by atoms with Gasteiger partial charge in [-0.1, -0.05) is 144 Å². The molecule has 1 fully saturated rings. The van der Waals surface area contributed by atoms with Crippen molar-refractivity contribution in [1.82, 2.24) is 0 Å². The first kappa shape index (κ1) is 63.2. The number of unbranched alkanes of at least 4 members (excludes halogenated alkanes) is 11. The van der Waals surface area contributed by atoms with Crippen molar-refractivity contribution >= 4 is 27.6 Å². The maximum Gasteiger partial charge on any atom is 0.472 e. The molecular formula is C49H82O17P2. The lowest BCUT2D eigenvalue weighted by atomic mass is 9.85. The molecule has 17 nitrogen and oxygen atoms in total. The third-order valence-electron chi connectivity index (χ3n) is 10.5. The molecule has 0 spiro atoms. The SMILES string of the molecule is CCCCC/C=C\C=C/[C@@H](O)C/C=C\C/C=C/CCCC(=O)OC[C@H](COP(=O)(O)O[C@H]1C(O)C(O)C(O)[C@@H](OP(=O)(O)O)C1O)OC(=O)CCC/C=C\C/C=C\C/C=C\CCCCCCCC. The Bertz CT molecular complexity index is 1650. The molecule has 0 bridgehead atoms.